The monoisotopic (exact) mass is 283 g/mol. The fraction of sp³-hybridized carbons (Fsp3) is 0.231. The third-order valence-corrected chi connectivity index (χ3v) is 2.76. The summed E-state index contributed by atoms with van der Waals surface area (Å²) in [6.45, 7) is 4.29. The van der Waals surface area contributed by atoms with Crippen LogP contribution in [0.2, 0.25) is 5.15 Å². The molecule has 2 aromatic rings. The maximum Gasteiger partial charge on any atom is 0.221 e. The van der Waals surface area contributed by atoms with E-state index in [1.807, 2.05) is 18.2 Å². The predicted octanol–water partition coefficient (Wildman–Crippen LogP) is 3.92. The number of halogens is 2. The van der Waals surface area contributed by atoms with E-state index in [0.29, 0.717) is 11.1 Å². The highest BCUT2D eigenvalue weighted by molar-refractivity contribution is 6.29. The van der Waals surface area contributed by atoms with Crippen LogP contribution in [0.4, 0.5) is 5.95 Å². The Balaban J connectivity index is 0.00000162. The van der Waals surface area contributed by atoms with Crippen molar-refractivity contribution >= 4 is 30.0 Å². The number of hydrogen-bond donors (Lipinski definition) is 1. The molecule has 0 saturated carbocycles. The van der Waals surface area contributed by atoms with Gasteiger partial charge in [-0.2, -0.15) is 0 Å². The Morgan fingerprint density at radius 1 is 1.17 bits per heavy atom. The molecule has 2 rings (SSSR count). The van der Waals surface area contributed by atoms with Crippen LogP contribution in [0.3, 0.4) is 0 Å². The quantitative estimate of drug-likeness (QED) is 0.850. The summed E-state index contributed by atoms with van der Waals surface area (Å²) in [5.74, 6) is 0.618. The lowest BCUT2D eigenvalue weighted by atomic mass is 9.95. The van der Waals surface area contributed by atoms with Crippen LogP contribution in [0, 0.1) is 0 Å². The summed E-state index contributed by atoms with van der Waals surface area (Å²) in [4.78, 5) is 8.10. The van der Waals surface area contributed by atoms with Crippen LogP contribution in [0.5, 0.6) is 0 Å². The standard InChI is InChI=1S/C13H14ClN3.ClH/c1-8(2)9-5-3-4-6-10(9)11-7-12(14)17-13(15)16-11;/h3-8H,1-2H3,(H2,15,16,17);1H. The largest absolute Gasteiger partial charge is 0.368 e. The van der Waals surface area contributed by atoms with Crippen molar-refractivity contribution in [3.05, 3.63) is 41.0 Å². The Morgan fingerprint density at radius 2 is 1.83 bits per heavy atom. The van der Waals surface area contributed by atoms with Gasteiger partial charge in [-0.1, -0.05) is 49.7 Å². The van der Waals surface area contributed by atoms with Crippen LogP contribution >= 0.6 is 24.0 Å². The first-order chi connectivity index (χ1) is 8.08. The molecule has 0 aliphatic heterocycles. The molecule has 1 aromatic heterocycles. The van der Waals surface area contributed by atoms with Gasteiger partial charge >= 0.3 is 0 Å². The average molecular weight is 284 g/mol. The number of nitrogen functional groups attached to an aromatic ring is 1. The zero-order chi connectivity index (χ0) is 12.4. The maximum atomic E-state index is 5.90. The van der Waals surface area contributed by atoms with Crippen molar-refractivity contribution in [2.45, 2.75) is 19.8 Å². The highest BCUT2D eigenvalue weighted by atomic mass is 35.5. The molecule has 0 bridgehead atoms. The molecule has 0 radical (unpaired) electrons. The van der Waals surface area contributed by atoms with Gasteiger partial charge in [-0.25, -0.2) is 9.97 Å². The summed E-state index contributed by atoms with van der Waals surface area (Å²) in [5.41, 5.74) is 8.66. The third-order valence-electron chi connectivity index (χ3n) is 2.57. The molecule has 1 heterocycles. The van der Waals surface area contributed by atoms with Crippen LogP contribution in [0.15, 0.2) is 30.3 Å². The number of aromatic nitrogens is 2. The Bertz CT molecular complexity index is 521. The van der Waals surface area contributed by atoms with E-state index in [1.165, 1.54) is 5.56 Å². The van der Waals surface area contributed by atoms with E-state index < -0.39 is 0 Å². The Kier molecular flexibility index (Phi) is 4.93. The van der Waals surface area contributed by atoms with E-state index in [-0.39, 0.29) is 18.4 Å². The second-order valence-electron chi connectivity index (χ2n) is 4.18. The van der Waals surface area contributed by atoms with Crippen LogP contribution in [-0.4, -0.2) is 9.97 Å². The van der Waals surface area contributed by atoms with E-state index in [0.717, 1.165) is 11.3 Å². The minimum Gasteiger partial charge on any atom is -0.368 e. The summed E-state index contributed by atoms with van der Waals surface area (Å²) in [6, 6.07) is 9.84. The zero-order valence-electron chi connectivity index (χ0n) is 10.2. The molecule has 0 aliphatic rings. The minimum absolute atomic E-state index is 0. The van der Waals surface area contributed by atoms with Crippen molar-refractivity contribution in [3.63, 3.8) is 0 Å². The average Bonchev–Trinajstić information content (AvgIpc) is 2.27. The molecular weight excluding hydrogens is 269 g/mol. The van der Waals surface area contributed by atoms with Crippen molar-refractivity contribution in [2.75, 3.05) is 5.73 Å². The second kappa shape index (κ2) is 6.03. The maximum absolute atomic E-state index is 5.90. The van der Waals surface area contributed by atoms with Gasteiger partial charge in [-0.3, -0.25) is 0 Å². The van der Waals surface area contributed by atoms with Gasteiger partial charge in [0.15, 0.2) is 0 Å². The van der Waals surface area contributed by atoms with Gasteiger partial charge in [0, 0.05) is 11.6 Å². The van der Waals surface area contributed by atoms with E-state index in [2.05, 4.69) is 29.9 Å². The molecule has 0 atom stereocenters. The first-order valence-corrected chi connectivity index (χ1v) is 5.85. The lowest BCUT2D eigenvalue weighted by Gasteiger charge is -2.12. The van der Waals surface area contributed by atoms with Crippen molar-refractivity contribution in [3.8, 4) is 11.3 Å². The molecule has 1 aromatic carbocycles. The van der Waals surface area contributed by atoms with Gasteiger partial charge in [0.1, 0.15) is 5.15 Å². The molecular formula is C13H15Cl2N3. The SMILES string of the molecule is CC(C)c1ccccc1-c1cc(Cl)nc(N)n1.Cl. The van der Waals surface area contributed by atoms with Gasteiger partial charge in [0.05, 0.1) is 5.69 Å². The molecule has 0 fully saturated rings. The predicted molar refractivity (Wildman–Crippen MR) is 78.2 cm³/mol. The van der Waals surface area contributed by atoms with E-state index in [1.54, 1.807) is 6.07 Å². The summed E-state index contributed by atoms with van der Waals surface area (Å²) >= 11 is 5.90. The van der Waals surface area contributed by atoms with E-state index in [9.17, 15) is 0 Å². The number of nitrogens with zero attached hydrogens (tertiary/aromatic N) is 2. The number of benzene rings is 1. The number of nitrogens with two attached hydrogens (primary N) is 1. The highest BCUT2D eigenvalue weighted by Gasteiger charge is 2.10. The molecule has 96 valence electrons. The Morgan fingerprint density at radius 3 is 2.44 bits per heavy atom. The van der Waals surface area contributed by atoms with Crippen LogP contribution in [0.1, 0.15) is 25.3 Å². The Labute approximate surface area is 118 Å². The number of rotatable bonds is 2. The zero-order valence-corrected chi connectivity index (χ0v) is 11.8. The molecule has 2 N–H and O–H groups in total. The second-order valence-corrected chi connectivity index (χ2v) is 4.56. The molecule has 0 saturated heterocycles. The topological polar surface area (TPSA) is 51.8 Å². The molecule has 3 nitrogen and oxygen atoms in total. The first kappa shape index (κ1) is 14.7. The molecule has 0 spiro atoms. The van der Waals surface area contributed by atoms with Gasteiger partial charge in [0.25, 0.3) is 0 Å². The molecule has 0 amide bonds. The lowest BCUT2D eigenvalue weighted by Crippen LogP contribution is -1.99. The van der Waals surface area contributed by atoms with E-state index >= 15 is 0 Å². The normalized spacial score (nSPS) is 10.2. The van der Waals surface area contributed by atoms with Crippen molar-refractivity contribution in [1.82, 2.24) is 9.97 Å². The fourth-order valence-electron chi connectivity index (χ4n) is 1.81. The van der Waals surface area contributed by atoms with E-state index in [4.69, 9.17) is 17.3 Å². The van der Waals surface area contributed by atoms with Crippen molar-refractivity contribution in [2.24, 2.45) is 0 Å². The smallest absolute Gasteiger partial charge is 0.221 e. The summed E-state index contributed by atoms with van der Waals surface area (Å²) in [5, 5.41) is 0.367. The summed E-state index contributed by atoms with van der Waals surface area (Å²) < 4.78 is 0. The molecule has 18 heavy (non-hydrogen) atoms. The van der Waals surface area contributed by atoms with Gasteiger partial charge in [-0.05, 0) is 11.5 Å². The first-order valence-electron chi connectivity index (χ1n) is 5.47. The number of hydrogen-bond acceptors (Lipinski definition) is 3. The Hall–Kier alpha value is -1.32. The van der Waals surface area contributed by atoms with Gasteiger partial charge < -0.3 is 5.73 Å². The van der Waals surface area contributed by atoms with Crippen molar-refractivity contribution < 1.29 is 0 Å². The van der Waals surface area contributed by atoms with Gasteiger partial charge in [-0.15, -0.1) is 12.4 Å². The fourth-order valence-corrected chi connectivity index (χ4v) is 2.00. The minimum atomic E-state index is 0. The molecule has 0 unspecified atom stereocenters. The van der Waals surface area contributed by atoms with Crippen LogP contribution in [0.25, 0.3) is 11.3 Å². The summed E-state index contributed by atoms with van der Waals surface area (Å²) in [7, 11) is 0. The van der Waals surface area contributed by atoms with Crippen molar-refractivity contribution in [1.29, 1.82) is 0 Å². The third kappa shape index (κ3) is 3.12. The van der Waals surface area contributed by atoms with Gasteiger partial charge in [0.2, 0.25) is 5.95 Å². The molecule has 5 heteroatoms. The van der Waals surface area contributed by atoms with Crippen LogP contribution < -0.4 is 5.73 Å². The number of anilines is 1. The molecule has 0 aliphatic carbocycles. The van der Waals surface area contributed by atoms with Crippen LogP contribution in [-0.2, 0) is 0 Å². The highest BCUT2D eigenvalue weighted by Crippen LogP contribution is 2.29. The lowest BCUT2D eigenvalue weighted by molar-refractivity contribution is 0.868. The summed E-state index contributed by atoms with van der Waals surface area (Å²) in [6.07, 6.45) is 0.